The Kier molecular flexibility index (Phi) is 4.29. The minimum Gasteiger partial charge on any atom is -0.493 e. The summed E-state index contributed by atoms with van der Waals surface area (Å²) in [5.74, 6) is 0.515. The Balaban J connectivity index is 1.80. The van der Waals surface area contributed by atoms with Gasteiger partial charge in [-0.05, 0) is 42.3 Å². The lowest BCUT2D eigenvalue weighted by atomic mass is 10.1. The molecule has 3 aromatic rings. The van der Waals surface area contributed by atoms with Crippen LogP contribution in [-0.4, -0.2) is 16.0 Å². The summed E-state index contributed by atoms with van der Waals surface area (Å²) < 4.78 is 1.36. The van der Waals surface area contributed by atoms with Crippen LogP contribution in [0.2, 0.25) is 0 Å². The van der Waals surface area contributed by atoms with Gasteiger partial charge in [-0.2, -0.15) is 0 Å². The van der Waals surface area contributed by atoms with Crippen molar-refractivity contribution in [2.75, 3.05) is 0 Å². The van der Waals surface area contributed by atoms with Gasteiger partial charge in [0, 0.05) is 5.22 Å². The fraction of sp³-hybridized carbons (Fsp3) is 0.100. The van der Waals surface area contributed by atoms with Crippen LogP contribution < -0.4 is 15.3 Å². The zero-order chi connectivity index (χ0) is 19.0. The number of thiazole rings is 1. The van der Waals surface area contributed by atoms with E-state index in [1.165, 1.54) is 10.9 Å². The molecule has 0 bridgehead atoms. The van der Waals surface area contributed by atoms with Gasteiger partial charge in [-0.3, -0.25) is 4.79 Å². The summed E-state index contributed by atoms with van der Waals surface area (Å²) in [6.07, 6.45) is 3.19. The normalized spacial score (nSPS) is 12.7. The molecule has 0 saturated carbocycles. The smallest absolute Gasteiger partial charge is 0.315 e. The van der Waals surface area contributed by atoms with Gasteiger partial charge in [0.1, 0.15) is 6.34 Å². The molecule has 1 aliphatic rings. The lowest BCUT2D eigenvalue weighted by Crippen LogP contribution is -2.11. The largest absolute Gasteiger partial charge is 0.493 e. The minimum absolute atomic E-state index is 0.0497. The van der Waals surface area contributed by atoms with Crippen molar-refractivity contribution in [2.24, 2.45) is 15.2 Å². The highest BCUT2D eigenvalue weighted by atomic mass is 32.1. The molecule has 7 heteroatoms. The predicted octanol–water partition coefficient (Wildman–Crippen LogP) is 2.61. The maximum absolute atomic E-state index is 12.5. The molecule has 0 radical (unpaired) electrons. The number of hydrogen-bond donors (Lipinski definition) is 1. The van der Waals surface area contributed by atoms with Crippen LogP contribution in [0.1, 0.15) is 16.0 Å². The van der Waals surface area contributed by atoms with Gasteiger partial charge in [0.05, 0.1) is 10.6 Å². The van der Waals surface area contributed by atoms with Gasteiger partial charge in [0.25, 0.3) is 0 Å². The first-order valence-electron chi connectivity index (χ1n) is 8.31. The van der Waals surface area contributed by atoms with Crippen molar-refractivity contribution < 1.29 is 5.11 Å². The Bertz CT molecular complexity index is 1240. The highest BCUT2D eigenvalue weighted by Crippen LogP contribution is 2.27. The number of azo groups is 1. The zero-order valence-corrected chi connectivity index (χ0v) is 15.6. The average molecular weight is 376 g/mol. The summed E-state index contributed by atoms with van der Waals surface area (Å²) in [6, 6.07) is 13.2. The number of aryl methyl sites for hydroxylation is 1. The van der Waals surface area contributed by atoms with E-state index in [2.05, 4.69) is 15.2 Å². The van der Waals surface area contributed by atoms with Crippen LogP contribution in [0, 0.1) is 13.8 Å². The molecule has 0 amide bonds. The van der Waals surface area contributed by atoms with Crippen LogP contribution in [0.5, 0.6) is 5.88 Å². The van der Waals surface area contributed by atoms with E-state index in [1.807, 2.05) is 56.3 Å². The number of aromatic nitrogens is 1. The van der Waals surface area contributed by atoms with Crippen molar-refractivity contribution in [1.29, 1.82) is 0 Å². The molecule has 0 fully saturated rings. The van der Waals surface area contributed by atoms with Crippen molar-refractivity contribution >= 4 is 29.6 Å². The zero-order valence-electron chi connectivity index (χ0n) is 14.7. The van der Waals surface area contributed by atoms with E-state index in [0.717, 1.165) is 32.9 Å². The van der Waals surface area contributed by atoms with E-state index < -0.39 is 0 Å². The first-order chi connectivity index (χ1) is 13.0. The Morgan fingerprint density at radius 2 is 1.89 bits per heavy atom. The van der Waals surface area contributed by atoms with E-state index >= 15 is 0 Å². The molecule has 4 rings (SSSR count). The van der Waals surface area contributed by atoms with Crippen LogP contribution in [0.4, 0.5) is 0 Å². The third-order valence-corrected chi connectivity index (χ3v) is 5.36. The second kappa shape index (κ2) is 6.77. The van der Waals surface area contributed by atoms with Crippen molar-refractivity contribution in [1.82, 2.24) is 4.57 Å². The summed E-state index contributed by atoms with van der Waals surface area (Å²) in [4.78, 5) is 16.9. The summed E-state index contributed by atoms with van der Waals surface area (Å²) in [6.45, 7) is 3.92. The number of benzene rings is 2. The molecule has 1 N–H and O–H groups in total. The monoisotopic (exact) mass is 376 g/mol. The van der Waals surface area contributed by atoms with Gasteiger partial charge in [-0.25, -0.2) is 9.56 Å². The van der Waals surface area contributed by atoms with Crippen molar-refractivity contribution in [3.8, 4) is 11.6 Å². The van der Waals surface area contributed by atoms with Gasteiger partial charge in [-0.15, -0.1) is 10.2 Å². The molecule has 0 saturated heterocycles. The summed E-state index contributed by atoms with van der Waals surface area (Å²) in [7, 11) is 0. The molecule has 0 unspecified atom stereocenters. The van der Waals surface area contributed by atoms with Crippen LogP contribution in [0.25, 0.3) is 17.6 Å². The number of rotatable bonds is 2. The molecule has 27 heavy (non-hydrogen) atoms. The third kappa shape index (κ3) is 3.13. The summed E-state index contributed by atoms with van der Waals surface area (Å²) in [5, 5.41) is 20.0. The van der Waals surface area contributed by atoms with E-state index in [1.54, 1.807) is 6.08 Å². The van der Waals surface area contributed by atoms with E-state index in [4.69, 9.17) is 0 Å². The number of hydrogen-bond acceptors (Lipinski definition) is 6. The SMILES string of the molecule is Cc1cccc(-n2c(O)c(C=c3ccc(=C4N=CN=N4)cc3)sc2=O)c1C. The molecule has 6 nitrogen and oxygen atoms in total. The second-order valence-corrected chi connectivity index (χ2v) is 7.15. The molecule has 1 aromatic heterocycles. The van der Waals surface area contributed by atoms with E-state index in [-0.39, 0.29) is 10.8 Å². The molecule has 2 heterocycles. The Labute approximate surface area is 158 Å². The molecule has 134 valence electrons. The van der Waals surface area contributed by atoms with E-state index in [0.29, 0.717) is 16.4 Å². The van der Waals surface area contributed by atoms with Gasteiger partial charge < -0.3 is 5.11 Å². The molecule has 0 aliphatic carbocycles. The number of nitrogens with zero attached hydrogens (tertiary/aromatic N) is 4. The van der Waals surface area contributed by atoms with Crippen LogP contribution in [0.15, 0.2) is 62.5 Å². The second-order valence-electron chi connectivity index (χ2n) is 6.16. The van der Waals surface area contributed by atoms with Crippen molar-refractivity contribution in [3.63, 3.8) is 0 Å². The molecular formula is C20H16N4O2S. The Morgan fingerprint density at radius 3 is 2.59 bits per heavy atom. The number of aromatic hydroxyl groups is 1. The van der Waals surface area contributed by atoms with Gasteiger partial charge in [0.2, 0.25) is 5.88 Å². The van der Waals surface area contributed by atoms with E-state index in [9.17, 15) is 9.90 Å². The fourth-order valence-electron chi connectivity index (χ4n) is 2.87. The van der Waals surface area contributed by atoms with Crippen LogP contribution in [0.3, 0.4) is 0 Å². The third-order valence-electron chi connectivity index (χ3n) is 4.48. The van der Waals surface area contributed by atoms with Crippen molar-refractivity contribution in [2.45, 2.75) is 13.8 Å². The molecule has 1 aliphatic heterocycles. The van der Waals surface area contributed by atoms with Gasteiger partial charge in [0.15, 0.2) is 5.82 Å². The summed E-state index contributed by atoms with van der Waals surface area (Å²) >= 11 is 1.01. The summed E-state index contributed by atoms with van der Waals surface area (Å²) in [5.41, 5.74) is 2.73. The highest BCUT2D eigenvalue weighted by molar-refractivity contribution is 7.10. The average Bonchev–Trinajstić information content (AvgIpc) is 3.28. The Hall–Kier alpha value is -3.32. The maximum atomic E-state index is 12.5. The number of aliphatic imine (C=N–C) groups is 1. The molecule has 0 atom stereocenters. The standard InChI is InChI=1S/C20H16N4O2S/c1-12-4-3-5-16(13(12)2)24-19(25)17(27-20(24)26)10-14-6-8-15(9-7-14)18-21-11-22-23-18/h3-11,25H,1-2H3. The molecule has 0 spiro atoms. The van der Waals surface area contributed by atoms with Crippen LogP contribution >= 0.6 is 11.3 Å². The molecular weight excluding hydrogens is 360 g/mol. The minimum atomic E-state index is -0.222. The van der Waals surface area contributed by atoms with Gasteiger partial charge >= 0.3 is 4.87 Å². The molecule has 2 aromatic carbocycles. The highest BCUT2D eigenvalue weighted by Gasteiger charge is 2.15. The Morgan fingerprint density at radius 1 is 1.11 bits per heavy atom. The van der Waals surface area contributed by atoms with Gasteiger partial charge in [-0.1, -0.05) is 47.7 Å². The fourth-order valence-corrected chi connectivity index (χ4v) is 3.71. The van der Waals surface area contributed by atoms with Crippen molar-refractivity contribution in [3.05, 3.63) is 78.6 Å². The first kappa shape index (κ1) is 17.1. The lowest BCUT2D eigenvalue weighted by molar-refractivity contribution is 0.439. The quantitative estimate of drug-likeness (QED) is 0.746. The lowest BCUT2D eigenvalue weighted by Gasteiger charge is -2.09. The predicted molar refractivity (Wildman–Crippen MR) is 107 cm³/mol. The maximum Gasteiger partial charge on any atom is 0.315 e. The topological polar surface area (TPSA) is 79.3 Å². The van der Waals surface area contributed by atoms with Crippen LogP contribution in [-0.2, 0) is 0 Å². The first-order valence-corrected chi connectivity index (χ1v) is 9.13.